The predicted molar refractivity (Wildman–Crippen MR) is 146 cm³/mol. The monoisotopic (exact) mass is 510 g/mol. The highest BCUT2D eigenvalue weighted by atomic mass is 19.1. The Morgan fingerprint density at radius 2 is 1.73 bits per heavy atom. The van der Waals surface area contributed by atoms with Gasteiger partial charge in [-0.2, -0.15) is 0 Å². The highest BCUT2D eigenvalue weighted by molar-refractivity contribution is 5.89. The molecule has 3 amide bonds. The van der Waals surface area contributed by atoms with E-state index < -0.39 is 5.82 Å². The average molecular weight is 511 g/mol. The fourth-order valence-corrected chi connectivity index (χ4v) is 4.19. The Hall–Kier alpha value is -3.39. The lowest BCUT2D eigenvalue weighted by Gasteiger charge is -2.36. The van der Waals surface area contributed by atoms with Crippen molar-refractivity contribution < 1.29 is 18.7 Å². The fourth-order valence-electron chi connectivity index (χ4n) is 4.19. The van der Waals surface area contributed by atoms with E-state index in [1.54, 1.807) is 30.2 Å². The zero-order valence-electron chi connectivity index (χ0n) is 22.4. The number of nitrogens with one attached hydrogen (secondary N) is 1. The van der Waals surface area contributed by atoms with Crippen molar-refractivity contribution >= 4 is 23.7 Å². The molecule has 200 valence electrons. The average Bonchev–Trinajstić information content (AvgIpc) is 2.87. The van der Waals surface area contributed by atoms with E-state index in [-0.39, 0.29) is 23.0 Å². The summed E-state index contributed by atoms with van der Waals surface area (Å²) in [5.41, 5.74) is 1.06. The maximum absolute atomic E-state index is 13.9. The number of benzene rings is 2. The first-order valence-electron chi connectivity index (χ1n) is 12.8. The summed E-state index contributed by atoms with van der Waals surface area (Å²) >= 11 is 0. The van der Waals surface area contributed by atoms with Crippen molar-refractivity contribution in [3.63, 3.8) is 0 Å². The number of piperazine rings is 1. The van der Waals surface area contributed by atoms with Crippen LogP contribution in [0.5, 0.6) is 5.75 Å². The summed E-state index contributed by atoms with van der Waals surface area (Å²) in [6, 6.07) is 13.6. The summed E-state index contributed by atoms with van der Waals surface area (Å²) in [4.78, 5) is 31.5. The van der Waals surface area contributed by atoms with Crippen LogP contribution in [0.2, 0.25) is 0 Å². The van der Waals surface area contributed by atoms with Crippen molar-refractivity contribution in [1.29, 1.82) is 0 Å². The number of rotatable bonds is 9. The first kappa shape index (κ1) is 28.2. The van der Waals surface area contributed by atoms with Gasteiger partial charge in [-0.15, -0.1) is 0 Å². The van der Waals surface area contributed by atoms with Crippen molar-refractivity contribution in [2.24, 2.45) is 5.41 Å². The van der Waals surface area contributed by atoms with Gasteiger partial charge >= 0.3 is 6.03 Å². The lowest BCUT2D eigenvalue weighted by atomic mass is 9.91. The molecule has 0 spiro atoms. The molecular formula is C29H39FN4O3. The molecule has 0 unspecified atom stereocenters. The Kier molecular flexibility index (Phi) is 10.1. The van der Waals surface area contributed by atoms with Crippen LogP contribution in [0.25, 0.3) is 6.08 Å². The van der Waals surface area contributed by atoms with E-state index in [1.807, 2.05) is 41.3 Å². The molecule has 0 saturated carbocycles. The van der Waals surface area contributed by atoms with Crippen LogP contribution in [0.1, 0.15) is 32.8 Å². The van der Waals surface area contributed by atoms with E-state index >= 15 is 0 Å². The van der Waals surface area contributed by atoms with Crippen molar-refractivity contribution in [3.8, 4) is 5.75 Å². The molecule has 1 aliphatic heterocycles. The Labute approximate surface area is 219 Å². The van der Waals surface area contributed by atoms with E-state index in [9.17, 15) is 14.0 Å². The van der Waals surface area contributed by atoms with Crippen LogP contribution in [0.3, 0.4) is 0 Å². The first-order chi connectivity index (χ1) is 17.7. The number of hydrogen-bond acceptors (Lipinski definition) is 4. The molecule has 1 aliphatic rings. The number of para-hydroxylation sites is 2. The number of carbonyl (C=O) groups excluding carboxylic acids is 2. The molecule has 0 bridgehead atoms. The van der Waals surface area contributed by atoms with Crippen molar-refractivity contribution in [1.82, 2.24) is 14.7 Å². The van der Waals surface area contributed by atoms with Gasteiger partial charge in [0.25, 0.3) is 0 Å². The molecular weight excluding hydrogens is 471 g/mol. The molecule has 0 aromatic heterocycles. The third kappa shape index (κ3) is 8.89. The lowest BCUT2D eigenvalue weighted by molar-refractivity contribution is -0.132. The van der Waals surface area contributed by atoms with Gasteiger partial charge in [0.05, 0.1) is 12.8 Å². The topological polar surface area (TPSA) is 65.1 Å². The van der Waals surface area contributed by atoms with Crippen LogP contribution in [-0.4, -0.2) is 79.6 Å². The molecule has 7 nitrogen and oxygen atoms in total. The third-order valence-electron chi connectivity index (χ3n) is 6.26. The maximum Gasteiger partial charge on any atom is 0.322 e. The lowest BCUT2D eigenvalue weighted by Crippen LogP contribution is -2.51. The first-order valence-corrected chi connectivity index (χ1v) is 12.8. The van der Waals surface area contributed by atoms with E-state index in [0.29, 0.717) is 45.7 Å². The van der Waals surface area contributed by atoms with E-state index in [2.05, 4.69) is 31.0 Å². The number of anilines is 1. The molecule has 8 heteroatoms. The molecule has 37 heavy (non-hydrogen) atoms. The summed E-state index contributed by atoms with van der Waals surface area (Å²) < 4.78 is 19.3. The zero-order valence-corrected chi connectivity index (χ0v) is 22.4. The van der Waals surface area contributed by atoms with Crippen LogP contribution in [0, 0.1) is 11.2 Å². The Morgan fingerprint density at radius 3 is 2.41 bits per heavy atom. The molecule has 2 aromatic carbocycles. The normalized spacial score (nSPS) is 14.6. The number of ether oxygens (including phenoxy) is 1. The summed E-state index contributed by atoms with van der Waals surface area (Å²) in [7, 11) is 1.65. The van der Waals surface area contributed by atoms with Gasteiger partial charge in [0.15, 0.2) is 0 Å². The quantitative estimate of drug-likeness (QED) is 0.518. The van der Waals surface area contributed by atoms with Gasteiger partial charge in [0.1, 0.15) is 11.6 Å². The number of methoxy groups -OCH3 is 1. The molecule has 3 rings (SSSR count). The second-order valence-electron chi connectivity index (χ2n) is 10.5. The number of nitrogens with zero attached hydrogens (tertiary/aromatic N) is 3. The summed E-state index contributed by atoms with van der Waals surface area (Å²) in [5, 5.41) is 2.65. The largest absolute Gasteiger partial charge is 0.496 e. The minimum Gasteiger partial charge on any atom is -0.496 e. The van der Waals surface area contributed by atoms with Crippen molar-refractivity contribution in [2.45, 2.75) is 27.2 Å². The van der Waals surface area contributed by atoms with Crippen molar-refractivity contribution in [3.05, 3.63) is 66.0 Å². The SMILES string of the molecule is COc1ccccc1/C=C/CN(CCN1CCN(C(=O)Nc2ccccc2F)CC1)C(=O)CC(C)(C)C. The smallest absolute Gasteiger partial charge is 0.322 e. The maximum atomic E-state index is 13.9. The Bertz CT molecular complexity index is 1070. The van der Waals surface area contributed by atoms with Crippen LogP contribution < -0.4 is 10.1 Å². The summed E-state index contributed by atoms with van der Waals surface area (Å²) in [6.07, 6.45) is 4.46. The van der Waals surface area contributed by atoms with E-state index in [1.165, 1.54) is 6.07 Å². The summed E-state index contributed by atoms with van der Waals surface area (Å²) in [5.74, 6) is 0.470. The minimum absolute atomic E-state index is 0.0983. The molecule has 0 atom stereocenters. The minimum atomic E-state index is -0.450. The second kappa shape index (κ2) is 13.2. The van der Waals surface area contributed by atoms with Gasteiger partial charge in [0.2, 0.25) is 5.91 Å². The van der Waals surface area contributed by atoms with Gasteiger partial charge in [0, 0.05) is 57.8 Å². The third-order valence-corrected chi connectivity index (χ3v) is 6.26. The molecule has 0 radical (unpaired) electrons. The molecule has 0 aliphatic carbocycles. The van der Waals surface area contributed by atoms with Crippen LogP contribution in [0.4, 0.5) is 14.9 Å². The van der Waals surface area contributed by atoms with Crippen molar-refractivity contribution in [2.75, 3.05) is 58.2 Å². The second-order valence-corrected chi connectivity index (χ2v) is 10.5. The van der Waals surface area contributed by atoms with Crippen LogP contribution >= 0.6 is 0 Å². The molecule has 2 aromatic rings. The predicted octanol–water partition coefficient (Wildman–Crippen LogP) is 4.96. The Morgan fingerprint density at radius 1 is 1.05 bits per heavy atom. The van der Waals surface area contributed by atoms with E-state index in [0.717, 1.165) is 17.9 Å². The van der Waals surface area contributed by atoms with Gasteiger partial charge in [-0.3, -0.25) is 9.69 Å². The highest BCUT2D eigenvalue weighted by Gasteiger charge is 2.24. The number of halogens is 1. The molecule has 1 heterocycles. The van der Waals surface area contributed by atoms with Gasteiger partial charge < -0.3 is 19.9 Å². The Balaban J connectivity index is 1.53. The fraction of sp³-hybridized carbons (Fsp3) is 0.448. The molecule has 1 N–H and O–H groups in total. The number of carbonyl (C=O) groups is 2. The summed E-state index contributed by atoms with van der Waals surface area (Å²) in [6.45, 7) is 10.5. The number of hydrogen-bond donors (Lipinski definition) is 1. The van der Waals surface area contributed by atoms with Crippen LogP contribution in [-0.2, 0) is 4.79 Å². The van der Waals surface area contributed by atoms with Gasteiger partial charge in [-0.1, -0.05) is 63.3 Å². The standard InChI is InChI=1S/C29H39FN4O3/c1-29(2,3)22-27(35)33(15-9-11-23-10-5-8-14-26(23)37-4)19-16-32-17-20-34(21-18-32)28(36)31-25-13-7-6-12-24(25)30/h5-14H,15-22H2,1-4H3,(H,31,36)/b11-9+. The zero-order chi connectivity index (χ0) is 26.8. The highest BCUT2D eigenvalue weighted by Crippen LogP contribution is 2.21. The molecule has 1 saturated heterocycles. The number of amides is 3. The van der Waals surface area contributed by atoms with Gasteiger partial charge in [-0.05, 0) is 23.6 Å². The number of urea groups is 1. The van der Waals surface area contributed by atoms with Gasteiger partial charge in [-0.25, -0.2) is 9.18 Å². The van der Waals surface area contributed by atoms with Crippen LogP contribution in [0.15, 0.2) is 54.6 Å². The van der Waals surface area contributed by atoms with E-state index in [4.69, 9.17) is 4.74 Å². The molecule has 1 fully saturated rings.